The number of aromatic carboxylic acids is 1. The summed E-state index contributed by atoms with van der Waals surface area (Å²) in [5, 5.41) is 14.0. The van der Waals surface area contributed by atoms with Crippen LogP contribution in [0, 0.1) is 0 Å². The molecule has 1 aromatic heterocycles. The lowest BCUT2D eigenvalue weighted by Gasteiger charge is -2.01. The molecule has 0 radical (unpaired) electrons. The maximum absolute atomic E-state index is 11.2. The van der Waals surface area contributed by atoms with Crippen LogP contribution in [0.3, 0.4) is 0 Å². The van der Waals surface area contributed by atoms with Gasteiger partial charge in [-0.1, -0.05) is 36.4 Å². The molecule has 0 atom stereocenters. The summed E-state index contributed by atoms with van der Waals surface area (Å²) in [7, 11) is 0. The molecule has 2 aromatic carbocycles. The molecule has 1 heterocycles. The van der Waals surface area contributed by atoms with E-state index in [2.05, 4.69) is 5.10 Å². The summed E-state index contributed by atoms with van der Waals surface area (Å²) in [4.78, 5) is 11.2. The van der Waals surface area contributed by atoms with Gasteiger partial charge in [0.2, 0.25) is 0 Å². The van der Waals surface area contributed by atoms with Gasteiger partial charge in [0.25, 0.3) is 0 Å². The van der Waals surface area contributed by atoms with Crippen LogP contribution in [0.2, 0.25) is 0 Å². The molecule has 0 aliphatic rings. The molecule has 0 bridgehead atoms. The summed E-state index contributed by atoms with van der Waals surface area (Å²) in [6.45, 7) is 0. The minimum Gasteiger partial charge on any atom is -0.476 e. The molecule has 4 heteroatoms. The molecule has 3 rings (SSSR count). The number of carboxylic acids is 1. The Morgan fingerprint density at radius 1 is 1.00 bits per heavy atom. The molecule has 0 fully saturated rings. The Morgan fingerprint density at radius 2 is 1.67 bits per heavy atom. The lowest BCUT2D eigenvalue weighted by Crippen LogP contribution is -2.01. The Morgan fingerprint density at radius 3 is 2.39 bits per heavy atom. The summed E-state index contributed by atoms with van der Waals surface area (Å²) >= 11 is 0. The van der Waals surface area contributed by atoms with Crippen LogP contribution >= 0.6 is 0 Å². The number of fused-ring (bicyclic) bond motifs is 1. The highest BCUT2D eigenvalue weighted by atomic mass is 16.4. The van der Waals surface area contributed by atoms with Crippen LogP contribution in [0.5, 0.6) is 0 Å². The van der Waals surface area contributed by atoms with E-state index in [1.54, 1.807) is 10.7 Å². The van der Waals surface area contributed by atoms with Crippen LogP contribution in [-0.2, 0) is 0 Å². The van der Waals surface area contributed by atoms with E-state index in [4.69, 9.17) is 5.11 Å². The number of carboxylic acid groups (broad SMARTS) is 1. The first-order valence-electron chi connectivity index (χ1n) is 5.54. The number of nitrogens with zero attached hydrogens (tertiary/aromatic N) is 2. The molecule has 0 amide bonds. The van der Waals surface area contributed by atoms with Gasteiger partial charge in [-0.05, 0) is 18.2 Å². The van der Waals surface area contributed by atoms with Gasteiger partial charge in [0.1, 0.15) is 0 Å². The number of para-hydroxylation sites is 2. The van der Waals surface area contributed by atoms with Gasteiger partial charge in [-0.25, -0.2) is 9.48 Å². The molecule has 18 heavy (non-hydrogen) atoms. The number of aromatic nitrogens is 2. The largest absolute Gasteiger partial charge is 0.476 e. The maximum atomic E-state index is 11.2. The molecule has 1 N–H and O–H groups in total. The summed E-state index contributed by atoms with van der Waals surface area (Å²) < 4.78 is 1.65. The molecule has 0 unspecified atom stereocenters. The van der Waals surface area contributed by atoms with Crippen molar-refractivity contribution in [3.63, 3.8) is 0 Å². The van der Waals surface area contributed by atoms with Crippen molar-refractivity contribution in [1.82, 2.24) is 9.78 Å². The van der Waals surface area contributed by atoms with Gasteiger partial charge in [0, 0.05) is 5.39 Å². The normalized spacial score (nSPS) is 10.7. The molecule has 0 aliphatic carbocycles. The first-order chi connectivity index (χ1) is 8.77. The van der Waals surface area contributed by atoms with E-state index in [-0.39, 0.29) is 5.69 Å². The predicted octanol–water partition coefficient (Wildman–Crippen LogP) is 2.72. The molecule has 88 valence electrons. The van der Waals surface area contributed by atoms with E-state index >= 15 is 0 Å². The van der Waals surface area contributed by atoms with Crippen LogP contribution in [0.4, 0.5) is 0 Å². The van der Waals surface area contributed by atoms with E-state index < -0.39 is 5.97 Å². The highest BCUT2D eigenvalue weighted by Crippen LogP contribution is 2.21. The highest BCUT2D eigenvalue weighted by Gasteiger charge is 2.16. The molecule has 0 saturated heterocycles. The van der Waals surface area contributed by atoms with Crippen molar-refractivity contribution >= 4 is 16.9 Å². The van der Waals surface area contributed by atoms with E-state index in [1.807, 2.05) is 48.5 Å². The Kier molecular flexibility index (Phi) is 2.34. The zero-order valence-electron chi connectivity index (χ0n) is 9.45. The molecule has 0 saturated carbocycles. The third-order valence-corrected chi connectivity index (χ3v) is 2.79. The quantitative estimate of drug-likeness (QED) is 0.746. The maximum Gasteiger partial charge on any atom is 0.357 e. The molecule has 0 spiro atoms. The first kappa shape index (κ1) is 10.5. The standard InChI is InChI=1S/C14H10N2O2/c17-14(18)13-11-8-4-5-9-12(11)16(15-13)10-6-2-1-3-7-10/h1-9H,(H,17,18). The number of hydrogen-bond donors (Lipinski definition) is 1. The van der Waals surface area contributed by atoms with Crippen molar-refractivity contribution in [1.29, 1.82) is 0 Å². The van der Waals surface area contributed by atoms with Gasteiger partial charge in [-0.2, -0.15) is 5.10 Å². The van der Waals surface area contributed by atoms with E-state index in [0.29, 0.717) is 5.39 Å². The van der Waals surface area contributed by atoms with Gasteiger partial charge in [-0.3, -0.25) is 0 Å². The Labute approximate surface area is 103 Å². The molecule has 4 nitrogen and oxygen atoms in total. The highest BCUT2D eigenvalue weighted by molar-refractivity contribution is 6.01. The average molecular weight is 238 g/mol. The molecular formula is C14H10N2O2. The van der Waals surface area contributed by atoms with E-state index in [1.165, 1.54) is 0 Å². The van der Waals surface area contributed by atoms with E-state index in [9.17, 15) is 4.79 Å². The van der Waals surface area contributed by atoms with Crippen molar-refractivity contribution in [3.05, 3.63) is 60.3 Å². The van der Waals surface area contributed by atoms with Crippen LogP contribution in [0.1, 0.15) is 10.5 Å². The Bertz CT molecular complexity index is 717. The SMILES string of the molecule is O=C(O)c1nn(-c2ccccc2)c2ccccc12. The number of carbonyl (C=O) groups is 1. The zero-order chi connectivity index (χ0) is 12.5. The summed E-state index contributed by atoms with van der Waals surface area (Å²) in [6, 6.07) is 16.8. The lowest BCUT2D eigenvalue weighted by atomic mass is 10.2. The molecular weight excluding hydrogens is 228 g/mol. The van der Waals surface area contributed by atoms with Crippen LogP contribution in [0.25, 0.3) is 16.6 Å². The van der Waals surface area contributed by atoms with Crippen LogP contribution < -0.4 is 0 Å². The van der Waals surface area contributed by atoms with Crippen LogP contribution in [0.15, 0.2) is 54.6 Å². The zero-order valence-corrected chi connectivity index (χ0v) is 9.45. The number of rotatable bonds is 2. The second kappa shape index (κ2) is 4.00. The topological polar surface area (TPSA) is 55.1 Å². The van der Waals surface area contributed by atoms with Gasteiger partial charge in [0.15, 0.2) is 5.69 Å². The first-order valence-corrected chi connectivity index (χ1v) is 5.54. The summed E-state index contributed by atoms with van der Waals surface area (Å²) in [5.41, 5.74) is 1.72. The number of benzene rings is 2. The van der Waals surface area contributed by atoms with Gasteiger partial charge in [0.05, 0.1) is 11.2 Å². The average Bonchev–Trinajstić information content (AvgIpc) is 2.79. The fourth-order valence-electron chi connectivity index (χ4n) is 1.99. The van der Waals surface area contributed by atoms with Crippen molar-refractivity contribution in [2.24, 2.45) is 0 Å². The Hall–Kier alpha value is -2.62. The monoisotopic (exact) mass is 238 g/mol. The third kappa shape index (κ3) is 1.55. The second-order valence-electron chi connectivity index (χ2n) is 3.92. The van der Waals surface area contributed by atoms with Gasteiger partial charge in [-0.15, -0.1) is 0 Å². The summed E-state index contributed by atoms with van der Waals surface area (Å²) in [5.74, 6) is -1.01. The lowest BCUT2D eigenvalue weighted by molar-refractivity contribution is 0.0692. The van der Waals surface area contributed by atoms with Crippen LogP contribution in [-0.4, -0.2) is 20.9 Å². The minimum absolute atomic E-state index is 0.0782. The van der Waals surface area contributed by atoms with Crippen molar-refractivity contribution in [2.45, 2.75) is 0 Å². The number of hydrogen-bond acceptors (Lipinski definition) is 2. The molecule has 0 aliphatic heterocycles. The van der Waals surface area contributed by atoms with Gasteiger partial charge >= 0.3 is 5.97 Å². The van der Waals surface area contributed by atoms with Crippen molar-refractivity contribution in [2.75, 3.05) is 0 Å². The smallest absolute Gasteiger partial charge is 0.357 e. The second-order valence-corrected chi connectivity index (χ2v) is 3.92. The Balaban J connectivity index is 2.34. The fourth-order valence-corrected chi connectivity index (χ4v) is 1.99. The predicted molar refractivity (Wildman–Crippen MR) is 68.0 cm³/mol. The minimum atomic E-state index is -1.01. The van der Waals surface area contributed by atoms with Crippen molar-refractivity contribution < 1.29 is 9.90 Å². The van der Waals surface area contributed by atoms with Crippen molar-refractivity contribution in [3.8, 4) is 5.69 Å². The third-order valence-electron chi connectivity index (χ3n) is 2.79. The fraction of sp³-hybridized carbons (Fsp3) is 0. The summed E-state index contributed by atoms with van der Waals surface area (Å²) in [6.07, 6.45) is 0. The van der Waals surface area contributed by atoms with Gasteiger partial charge < -0.3 is 5.11 Å². The molecule has 3 aromatic rings. The van der Waals surface area contributed by atoms with E-state index in [0.717, 1.165) is 11.2 Å².